The summed E-state index contributed by atoms with van der Waals surface area (Å²) in [6.45, 7) is 0. The maximum Gasteiger partial charge on any atom is 0.225 e. The van der Waals surface area contributed by atoms with E-state index in [0.717, 1.165) is 11.3 Å². The number of rotatable bonds is 2. The average Bonchev–Trinajstić information content (AvgIpc) is 2.49. The maximum atomic E-state index is 10.6. The number of primary amides is 1. The number of amides is 1. The van der Waals surface area contributed by atoms with Crippen LogP contribution in [0.5, 0.6) is 0 Å². The third-order valence-electron chi connectivity index (χ3n) is 1.85. The first-order chi connectivity index (χ1) is 6.25. The Bertz CT molecular complexity index is 405. The molecular weight excluding hydrogens is 166 g/mol. The molecule has 0 aromatic heterocycles. The van der Waals surface area contributed by atoms with Crippen LogP contribution in [0.4, 0.5) is 0 Å². The van der Waals surface area contributed by atoms with Gasteiger partial charge in [0.1, 0.15) is 11.5 Å². The lowest BCUT2D eigenvalue weighted by molar-refractivity contribution is -0.117. The molecule has 1 aliphatic heterocycles. The van der Waals surface area contributed by atoms with Crippen LogP contribution in [-0.2, 0) is 11.2 Å². The van der Waals surface area contributed by atoms with Crippen LogP contribution in [0.3, 0.4) is 0 Å². The molecule has 0 saturated heterocycles. The van der Waals surface area contributed by atoms with E-state index in [1.807, 2.05) is 24.3 Å². The Morgan fingerprint density at radius 2 is 2.15 bits per heavy atom. The number of fused-ring (bicyclic) bond motifs is 1. The summed E-state index contributed by atoms with van der Waals surface area (Å²) in [4.78, 5) is 10.6. The molecule has 0 saturated carbocycles. The van der Waals surface area contributed by atoms with Gasteiger partial charge in [-0.3, -0.25) is 4.79 Å². The van der Waals surface area contributed by atoms with Crippen molar-refractivity contribution in [2.45, 2.75) is 6.42 Å². The first-order valence-corrected chi connectivity index (χ1v) is 4.01. The normalized spacial score (nSPS) is 10.5. The van der Waals surface area contributed by atoms with Crippen LogP contribution in [0, 0.1) is 0 Å². The number of carbonyl (C=O) groups is 1. The Labute approximate surface area is 75.5 Å². The minimum absolute atomic E-state index is 0.154. The third-order valence-corrected chi connectivity index (χ3v) is 1.85. The van der Waals surface area contributed by atoms with E-state index in [0.29, 0.717) is 5.76 Å². The minimum atomic E-state index is -0.380. The van der Waals surface area contributed by atoms with Crippen LogP contribution in [0.1, 0.15) is 5.76 Å². The van der Waals surface area contributed by atoms with Crippen molar-refractivity contribution >= 4 is 5.91 Å². The molecule has 1 amide bonds. The minimum Gasteiger partial charge on any atom is -0.461 e. The van der Waals surface area contributed by atoms with E-state index in [1.54, 1.807) is 6.07 Å². The summed E-state index contributed by atoms with van der Waals surface area (Å²) in [5.41, 5.74) is 6.08. The van der Waals surface area contributed by atoms with Crippen molar-refractivity contribution in [2.24, 2.45) is 5.73 Å². The molecule has 0 unspecified atom stereocenters. The molecule has 3 heteroatoms. The summed E-state index contributed by atoms with van der Waals surface area (Å²) in [6, 6.07) is 9.40. The second-order valence-electron chi connectivity index (χ2n) is 2.89. The number of carbonyl (C=O) groups excluding carboxylic acids is 1. The van der Waals surface area contributed by atoms with Gasteiger partial charge in [-0.2, -0.15) is 0 Å². The first-order valence-electron chi connectivity index (χ1n) is 4.01. The van der Waals surface area contributed by atoms with Crippen molar-refractivity contribution < 1.29 is 9.21 Å². The van der Waals surface area contributed by atoms with Crippen molar-refractivity contribution in [2.75, 3.05) is 0 Å². The lowest BCUT2D eigenvalue weighted by atomic mass is 10.2. The molecule has 1 heterocycles. The lowest BCUT2D eigenvalue weighted by Crippen LogP contribution is -2.13. The summed E-state index contributed by atoms with van der Waals surface area (Å²) in [5.74, 6) is 1.01. The van der Waals surface area contributed by atoms with Gasteiger partial charge < -0.3 is 10.2 Å². The number of hydrogen-bond donors (Lipinski definition) is 1. The highest BCUT2D eigenvalue weighted by Crippen LogP contribution is 2.23. The zero-order valence-corrected chi connectivity index (χ0v) is 6.99. The predicted molar refractivity (Wildman–Crippen MR) is 48.2 cm³/mol. The standard InChI is InChI=1S/C10H9NO2/c11-10(12)6-8-5-4-7-2-1-3-9(7)13-8/h1-5H,6H2,(H2,11,12). The van der Waals surface area contributed by atoms with Crippen molar-refractivity contribution in [3.05, 3.63) is 36.1 Å². The average molecular weight is 175 g/mol. The van der Waals surface area contributed by atoms with Crippen molar-refractivity contribution in [1.29, 1.82) is 0 Å². The molecule has 2 rings (SSSR count). The summed E-state index contributed by atoms with van der Waals surface area (Å²) in [6.07, 6.45) is 0.154. The van der Waals surface area contributed by atoms with Gasteiger partial charge in [-0.15, -0.1) is 0 Å². The van der Waals surface area contributed by atoms with Crippen LogP contribution in [0.2, 0.25) is 0 Å². The van der Waals surface area contributed by atoms with Crippen molar-refractivity contribution in [1.82, 2.24) is 0 Å². The Kier molecular flexibility index (Phi) is 1.77. The Morgan fingerprint density at radius 3 is 2.92 bits per heavy atom. The van der Waals surface area contributed by atoms with Gasteiger partial charge in [-0.1, -0.05) is 12.1 Å². The smallest absolute Gasteiger partial charge is 0.225 e. The molecule has 13 heavy (non-hydrogen) atoms. The van der Waals surface area contributed by atoms with Crippen LogP contribution >= 0.6 is 0 Å². The fourth-order valence-electron chi connectivity index (χ4n) is 1.27. The summed E-state index contributed by atoms with van der Waals surface area (Å²) in [5, 5.41) is 0. The topological polar surface area (TPSA) is 56.2 Å². The maximum absolute atomic E-state index is 10.6. The molecule has 66 valence electrons. The summed E-state index contributed by atoms with van der Waals surface area (Å²) in [7, 11) is 0. The van der Waals surface area contributed by atoms with Crippen molar-refractivity contribution in [3.8, 4) is 11.3 Å². The van der Waals surface area contributed by atoms with Crippen LogP contribution in [0.25, 0.3) is 11.3 Å². The van der Waals surface area contributed by atoms with Crippen LogP contribution in [-0.4, -0.2) is 5.91 Å². The zero-order chi connectivity index (χ0) is 9.26. The SMILES string of the molecule is NC(=O)Cc1ccc2cccc-2o1. The second-order valence-corrected chi connectivity index (χ2v) is 2.89. The van der Waals surface area contributed by atoms with E-state index in [1.165, 1.54) is 0 Å². The molecule has 0 fully saturated rings. The Morgan fingerprint density at radius 1 is 1.31 bits per heavy atom. The van der Waals surface area contributed by atoms with E-state index < -0.39 is 0 Å². The number of nitrogens with two attached hydrogens (primary N) is 1. The Balaban J connectivity index is 2.38. The summed E-state index contributed by atoms with van der Waals surface area (Å²) >= 11 is 0. The van der Waals surface area contributed by atoms with Gasteiger partial charge in [0.15, 0.2) is 0 Å². The zero-order valence-electron chi connectivity index (χ0n) is 6.99. The molecule has 3 nitrogen and oxygen atoms in total. The van der Waals surface area contributed by atoms with Gasteiger partial charge >= 0.3 is 0 Å². The van der Waals surface area contributed by atoms with Gasteiger partial charge in [0.25, 0.3) is 0 Å². The molecule has 0 bridgehead atoms. The van der Waals surface area contributed by atoms with E-state index in [2.05, 4.69) is 0 Å². The highest BCUT2D eigenvalue weighted by molar-refractivity contribution is 5.76. The van der Waals surface area contributed by atoms with Crippen LogP contribution < -0.4 is 5.73 Å². The fraction of sp³-hybridized carbons (Fsp3) is 0.100. The van der Waals surface area contributed by atoms with Gasteiger partial charge in [-0.25, -0.2) is 0 Å². The highest BCUT2D eigenvalue weighted by atomic mass is 16.3. The predicted octanol–water partition coefficient (Wildman–Crippen LogP) is 1.41. The molecule has 0 aromatic rings. The van der Waals surface area contributed by atoms with Gasteiger partial charge in [0.2, 0.25) is 5.91 Å². The van der Waals surface area contributed by atoms with Gasteiger partial charge in [0.05, 0.1) is 6.42 Å². The molecule has 0 aromatic carbocycles. The first kappa shape index (κ1) is 7.86. The molecule has 0 spiro atoms. The van der Waals surface area contributed by atoms with E-state index in [-0.39, 0.29) is 12.3 Å². The quantitative estimate of drug-likeness (QED) is 0.750. The molecule has 1 aliphatic carbocycles. The van der Waals surface area contributed by atoms with Gasteiger partial charge in [-0.05, 0) is 18.2 Å². The molecular formula is C10H9NO2. The lowest BCUT2D eigenvalue weighted by Gasteiger charge is -2.01. The second kappa shape index (κ2) is 2.94. The number of hydrogen-bond acceptors (Lipinski definition) is 2. The highest BCUT2D eigenvalue weighted by Gasteiger charge is 2.06. The third kappa shape index (κ3) is 1.54. The molecule has 0 radical (unpaired) electrons. The van der Waals surface area contributed by atoms with E-state index >= 15 is 0 Å². The van der Waals surface area contributed by atoms with E-state index in [4.69, 9.17) is 10.2 Å². The molecule has 0 atom stereocenters. The molecule has 2 aliphatic rings. The Hall–Kier alpha value is -1.77. The molecule has 2 N–H and O–H groups in total. The fourth-order valence-corrected chi connectivity index (χ4v) is 1.27. The van der Waals surface area contributed by atoms with Crippen molar-refractivity contribution in [3.63, 3.8) is 0 Å². The monoisotopic (exact) mass is 175 g/mol. The summed E-state index contributed by atoms with van der Waals surface area (Å²) < 4.78 is 5.41. The largest absolute Gasteiger partial charge is 0.461 e. The van der Waals surface area contributed by atoms with Crippen LogP contribution in [0.15, 0.2) is 34.7 Å². The van der Waals surface area contributed by atoms with Gasteiger partial charge in [0, 0.05) is 5.56 Å². The van der Waals surface area contributed by atoms with E-state index in [9.17, 15) is 4.79 Å².